The van der Waals surface area contributed by atoms with Gasteiger partial charge in [0.05, 0.1) is 18.6 Å². The number of carbonyl (C=O) groups excluding carboxylic acids is 8. The Bertz CT molecular complexity index is 2090. The lowest BCUT2D eigenvalue weighted by molar-refractivity contribution is -0.191. The molecule has 1 aromatic rings. The van der Waals surface area contributed by atoms with Crippen molar-refractivity contribution < 1.29 is 97.0 Å². The van der Waals surface area contributed by atoms with Crippen molar-refractivity contribution >= 4 is 88.9 Å². The molecule has 0 aliphatic carbocycles. The molecule has 0 saturated carbocycles. The van der Waals surface area contributed by atoms with Crippen LogP contribution in [0.3, 0.4) is 0 Å². The topological polar surface area (TPSA) is 443 Å². The molecule has 0 unspecified atom stereocenters. The number of carbonyl (C=O) groups is 13. The number of benzene rings is 1. The van der Waals surface area contributed by atoms with Gasteiger partial charge in [0.25, 0.3) is 0 Å². The van der Waals surface area contributed by atoms with E-state index in [2.05, 4.69) is 36.6 Å². The quantitative estimate of drug-likeness (QED) is 0.0747. The van der Waals surface area contributed by atoms with Gasteiger partial charge in [-0.3, -0.25) is 52.7 Å². The molecule has 0 bridgehead atoms. The molecule has 27 nitrogen and oxygen atoms in total. The highest BCUT2D eigenvalue weighted by atomic mass is 32.2. The summed E-state index contributed by atoms with van der Waals surface area (Å²) in [5.74, 6) is -25.9. The number of amides is 8. The van der Waals surface area contributed by atoms with Gasteiger partial charge in [0.15, 0.2) is 0 Å². The van der Waals surface area contributed by atoms with E-state index >= 15 is 0 Å². The maximum absolute atomic E-state index is 14.7. The Kier molecular flexibility index (Phi) is 20.9. The van der Waals surface area contributed by atoms with Crippen LogP contribution in [0.2, 0.25) is 0 Å². The van der Waals surface area contributed by atoms with E-state index in [4.69, 9.17) is 15.9 Å². The van der Waals surface area contributed by atoms with Gasteiger partial charge in [0.2, 0.25) is 47.3 Å². The molecule has 1 aliphatic heterocycles. The van der Waals surface area contributed by atoms with Gasteiger partial charge in [0.1, 0.15) is 48.0 Å². The van der Waals surface area contributed by atoms with Crippen molar-refractivity contribution in [3.63, 3.8) is 0 Å². The van der Waals surface area contributed by atoms with Crippen LogP contribution in [-0.4, -0.2) is 156 Å². The third-order valence-corrected chi connectivity index (χ3v) is 10.2. The lowest BCUT2D eigenvalue weighted by Gasteiger charge is -2.28. The van der Waals surface area contributed by atoms with Crippen molar-refractivity contribution in [1.29, 1.82) is 0 Å². The van der Waals surface area contributed by atoms with Crippen molar-refractivity contribution in [1.82, 2.24) is 37.2 Å². The van der Waals surface area contributed by atoms with E-state index in [1.165, 1.54) is 0 Å². The molecule has 0 spiro atoms. The van der Waals surface area contributed by atoms with Crippen LogP contribution in [0.25, 0.3) is 0 Å². The van der Waals surface area contributed by atoms with Crippen molar-refractivity contribution in [3.05, 3.63) is 29.8 Å². The van der Waals surface area contributed by atoms with Crippen LogP contribution in [0.15, 0.2) is 24.3 Å². The van der Waals surface area contributed by atoms with Gasteiger partial charge in [-0.15, -0.1) is 11.8 Å². The van der Waals surface area contributed by atoms with Crippen LogP contribution >= 0.6 is 11.8 Å². The van der Waals surface area contributed by atoms with Crippen LogP contribution in [0.5, 0.6) is 5.75 Å². The Morgan fingerprint density at radius 3 is 1.69 bits per heavy atom. The predicted molar refractivity (Wildman–Crippen MR) is 222 cm³/mol. The summed E-state index contributed by atoms with van der Waals surface area (Å²) >= 11 is 0.687. The normalized spacial score (nSPS) is 23.3. The largest absolute Gasteiger partial charge is 0.481 e. The van der Waals surface area contributed by atoms with Crippen LogP contribution in [0, 0.1) is 5.92 Å². The Labute approximate surface area is 382 Å². The fourth-order valence-corrected chi connectivity index (χ4v) is 6.67. The van der Waals surface area contributed by atoms with Crippen molar-refractivity contribution in [2.45, 2.75) is 101 Å². The molecule has 8 amide bonds. The number of hydrogen-bond donors (Lipinski definition) is 13. The summed E-state index contributed by atoms with van der Waals surface area (Å²) in [5.41, 5.74) is 5.22. The standard InChI is InChI=1S/C38H49FN8O19S/c1-15(2)10-20-33(59)46-23(29(40)55)13-67-14-24(48)42-21(11-26(51)52)32(58)41-16(3)30(56)44-22(12-27(53)54)34(60)43-19(8-9-25(49)50)31(57)47-28(35(61)45-20)17-4-6-18(7-5-17)66-38(39,36(62)63)37(64)65/h4-7,15-16,19-23,28H,8-14H2,1-3H3,(H2,40,55)(H,41,58)(H,42,48)(H,43,60)(H,44,56)(H,45,61)(H,46,59)(H,47,57)(H,49,50)(H,51,52)(H,53,54)(H,62,63)(H,64,65)/t16-,19-,20-,21-,22-,23-,28-/m0/s1. The molecule has 1 fully saturated rings. The highest BCUT2D eigenvalue weighted by Gasteiger charge is 2.51. The number of carboxylic acid groups (broad SMARTS) is 5. The van der Waals surface area contributed by atoms with E-state index in [1.807, 2.05) is 5.32 Å². The molecule has 1 saturated heterocycles. The first-order valence-electron chi connectivity index (χ1n) is 19.7. The third kappa shape index (κ3) is 17.7. The van der Waals surface area contributed by atoms with Gasteiger partial charge in [-0.2, -0.15) is 4.39 Å². The highest BCUT2D eigenvalue weighted by Crippen LogP contribution is 2.25. The average molecular weight is 973 g/mol. The van der Waals surface area contributed by atoms with Crippen molar-refractivity contribution in [3.8, 4) is 5.75 Å². The lowest BCUT2D eigenvalue weighted by Crippen LogP contribution is -2.59. The smallest absolute Gasteiger partial charge is 0.443 e. The first kappa shape index (κ1) is 55.5. The zero-order valence-corrected chi connectivity index (χ0v) is 36.5. The molecule has 1 aromatic carbocycles. The second-order valence-electron chi connectivity index (χ2n) is 15.1. The second kappa shape index (κ2) is 25.2. The molecular weight excluding hydrogens is 924 g/mol. The molecule has 1 aliphatic rings. The fourth-order valence-electron chi connectivity index (χ4n) is 5.80. The number of primary amides is 1. The SMILES string of the molecule is CC(C)C[C@@H]1NC(=O)[C@H](c2ccc(OC(F)(C(=O)O)C(=O)O)cc2)NC(=O)[C@H](CCC(=O)O)NC(=O)[C@H](CC(=O)O)NC(=O)[C@H](C)NC(=O)[C@H](CC(=O)O)NC(=O)CSC[C@@H](C(N)=O)NC1=O. The molecule has 0 radical (unpaired) electrons. The van der Waals surface area contributed by atoms with Crippen molar-refractivity contribution in [2.24, 2.45) is 11.7 Å². The van der Waals surface area contributed by atoms with Gasteiger partial charge < -0.3 is 73.2 Å². The van der Waals surface area contributed by atoms with Crippen LogP contribution < -0.4 is 47.7 Å². The molecule has 0 aromatic heterocycles. The Morgan fingerprint density at radius 2 is 1.18 bits per heavy atom. The Hall–Kier alpha value is -7.59. The summed E-state index contributed by atoms with van der Waals surface area (Å²) < 4.78 is 19.2. The lowest BCUT2D eigenvalue weighted by atomic mass is 10.00. The van der Waals surface area contributed by atoms with Gasteiger partial charge >= 0.3 is 35.7 Å². The summed E-state index contributed by atoms with van der Waals surface area (Å²) in [5, 5.41) is 62.0. The van der Waals surface area contributed by atoms with E-state index in [-0.39, 0.29) is 12.0 Å². The Morgan fingerprint density at radius 1 is 0.687 bits per heavy atom. The second-order valence-corrected chi connectivity index (χ2v) is 16.1. The number of nitrogens with two attached hydrogens (primary N) is 1. The van der Waals surface area contributed by atoms with Crippen LogP contribution in [0.1, 0.15) is 64.5 Å². The number of hydrogen-bond acceptors (Lipinski definition) is 15. The van der Waals surface area contributed by atoms with Crippen LogP contribution in [-0.2, 0) is 62.3 Å². The molecular formula is C38H49FN8O19S. The highest BCUT2D eigenvalue weighted by molar-refractivity contribution is 8.00. The van der Waals surface area contributed by atoms with Crippen molar-refractivity contribution in [2.75, 3.05) is 11.5 Å². The number of nitrogens with one attached hydrogen (secondary N) is 7. The summed E-state index contributed by atoms with van der Waals surface area (Å²) in [4.78, 5) is 165. The molecule has 2 rings (SSSR count). The summed E-state index contributed by atoms with van der Waals surface area (Å²) in [6.07, 6.45) is -3.99. The van der Waals surface area contributed by atoms with E-state index in [0.717, 1.165) is 31.2 Å². The number of rotatable bonds is 15. The minimum absolute atomic E-state index is 0.172. The minimum Gasteiger partial charge on any atom is -0.481 e. The van der Waals surface area contributed by atoms with Crippen LogP contribution in [0.4, 0.5) is 4.39 Å². The molecule has 67 heavy (non-hydrogen) atoms. The van der Waals surface area contributed by atoms with Gasteiger partial charge in [-0.05, 0) is 43.4 Å². The van der Waals surface area contributed by atoms with Gasteiger partial charge in [-0.1, -0.05) is 26.0 Å². The monoisotopic (exact) mass is 972 g/mol. The number of ether oxygens (including phenoxy) is 1. The minimum atomic E-state index is -4.29. The maximum atomic E-state index is 14.7. The van der Waals surface area contributed by atoms with E-state index in [9.17, 15) is 82.0 Å². The predicted octanol–water partition coefficient (Wildman–Crippen LogP) is -3.92. The summed E-state index contributed by atoms with van der Waals surface area (Å²) in [6.45, 7) is 4.28. The molecule has 368 valence electrons. The number of alkyl halides is 1. The molecule has 29 heteroatoms. The average Bonchev–Trinajstić information content (AvgIpc) is 3.21. The maximum Gasteiger partial charge on any atom is 0.443 e. The first-order chi connectivity index (χ1) is 31.1. The fraction of sp³-hybridized carbons (Fsp3) is 0.500. The Balaban J connectivity index is 2.78. The number of aliphatic carboxylic acids is 5. The zero-order valence-electron chi connectivity index (χ0n) is 35.7. The summed E-state index contributed by atoms with van der Waals surface area (Å²) in [6, 6.07) is -9.20. The summed E-state index contributed by atoms with van der Waals surface area (Å²) in [7, 11) is 0. The molecule has 7 atom stereocenters. The first-order valence-corrected chi connectivity index (χ1v) is 20.9. The number of halogens is 1. The van der Waals surface area contributed by atoms with Gasteiger partial charge in [-0.25, -0.2) is 9.59 Å². The third-order valence-electron chi connectivity index (χ3n) is 9.16. The van der Waals surface area contributed by atoms with Gasteiger partial charge in [0, 0.05) is 12.2 Å². The molecule has 1 heterocycles. The number of thioether (sulfide) groups is 1. The molecule has 14 N–H and O–H groups in total. The van der Waals surface area contributed by atoms with E-state index < -0.39 is 174 Å². The zero-order chi connectivity index (χ0) is 50.9. The number of carboxylic acids is 5. The van der Waals surface area contributed by atoms with E-state index in [1.54, 1.807) is 13.8 Å². The van der Waals surface area contributed by atoms with E-state index in [0.29, 0.717) is 11.8 Å².